The topological polar surface area (TPSA) is 24.7 Å². The van der Waals surface area contributed by atoms with Crippen LogP contribution in [-0.2, 0) is 12.8 Å². The second-order valence-corrected chi connectivity index (χ2v) is 7.60. The summed E-state index contributed by atoms with van der Waals surface area (Å²) in [4.78, 5) is 0. The predicted molar refractivity (Wildman–Crippen MR) is 131 cm³/mol. The van der Waals surface area contributed by atoms with Gasteiger partial charge in [0.15, 0.2) is 0 Å². The number of benzene rings is 3. The Bertz CT molecular complexity index is 1030. The number of halogens is 1. The van der Waals surface area contributed by atoms with Gasteiger partial charge in [-0.1, -0.05) is 80.1 Å². The van der Waals surface area contributed by atoms with Gasteiger partial charge in [-0.25, -0.2) is 4.39 Å². The lowest BCUT2D eigenvalue weighted by Gasteiger charge is -2.06. The average molecular weight is 413 g/mol. The lowest BCUT2D eigenvalue weighted by Crippen LogP contribution is -1.90. The van der Waals surface area contributed by atoms with E-state index < -0.39 is 0 Å². The molecule has 158 valence electrons. The van der Waals surface area contributed by atoms with Crippen LogP contribution < -0.4 is 0 Å². The van der Waals surface area contributed by atoms with Crippen LogP contribution in [0.1, 0.15) is 48.4 Å². The minimum absolute atomic E-state index is 0.177. The summed E-state index contributed by atoms with van der Waals surface area (Å²) >= 11 is 0. The first-order valence-electron chi connectivity index (χ1n) is 10.8. The molecule has 0 saturated heterocycles. The fourth-order valence-electron chi connectivity index (χ4n) is 3.41. The smallest absolute Gasteiger partial charge is 0.131 e. The summed E-state index contributed by atoms with van der Waals surface area (Å²) in [7, 11) is 0. The van der Waals surface area contributed by atoms with E-state index in [1.807, 2.05) is 42.5 Å². The Kier molecular flexibility index (Phi) is 8.48. The molecule has 0 aliphatic rings. The zero-order valence-electron chi connectivity index (χ0n) is 18.1. The van der Waals surface area contributed by atoms with Gasteiger partial charge < -0.3 is 0 Å². The highest BCUT2D eigenvalue weighted by molar-refractivity contribution is 5.83. The second-order valence-electron chi connectivity index (χ2n) is 7.60. The summed E-state index contributed by atoms with van der Waals surface area (Å²) in [6.07, 6.45) is 10.5. The number of nitrogens with zero attached hydrogens (tertiary/aromatic N) is 2. The van der Waals surface area contributed by atoms with E-state index in [0.29, 0.717) is 5.56 Å². The molecule has 0 fully saturated rings. The fourth-order valence-corrected chi connectivity index (χ4v) is 3.41. The third kappa shape index (κ3) is 6.85. The van der Waals surface area contributed by atoms with Crippen molar-refractivity contribution in [2.24, 2.45) is 10.2 Å². The summed E-state index contributed by atoms with van der Waals surface area (Å²) in [5, 5.41) is 8.27. The number of hydrogen-bond donors (Lipinski definition) is 0. The quantitative estimate of drug-likeness (QED) is 0.143. The van der Waals surface area contributed by atoms with Crippen LogP contribution in [-0.4, -0.2) is 12.4 Å². The molecule has 0 atom stereocenters. The molecular weight excluding hydrogens is 383 g/mol. The van der Waals surface area contributed by atoms with Crippen molar-refractivity contribution in [2.75, 3.05) is 0 Å². The number of allylic oxidation sites excluding steroid dienone is 1. The summed E-state index contributed by atoms with van der Waals surface area (Å²) in [6, 6.07) is 21.5. The standard InChI is InChI=1S/C28H29FN2/c1-3-5-6-8-22-9-11-24(12-10-22)20-30-31-21-25-13-16-26(17-14-25)27-18-15-23(7-4-2)19-28(27)29/h3,9-21H,1,4-8H2,2H3. The minimum Gasteiger partial charge on any atom is -0.206 e. The predicted octanol–water partition coefficient (Wildman–Crippen LogP) is 7.41. The molecule has 0 amide bonds. The summed E-state index contributed by atoms with van der Waals surface area (Å²) < 4.78 is 14.4. The average Bonchev–Trinajstić information content (AvgIpc) is 2.79. The zero-order valence-corrected chi connectivity index (χ0v) is 18.1. The van der Waals surface area contributed by atoms with Crippen LogP contribution in [0.5, 0.6) is 0 Å². The maximum atomic E-state index is 14.4. The Morgan fingerprint density at radius 2 is 1.42 bits per heavy atom. The van der Waals surface area contributed by atoms with Crippen LogP contribution >= 0.6 is 0 Å². The summed E-state index contributed by atoms with van der Waals surface area (Å²) in [6.45, 7) is 5.85. The van der Waals surface area contributed by atoms with Crippen LogP contribution in [0.4, 0.5) is 4.39 Å². The maximum absolute atomic E-state index is 14.4. The third-order valence-corrected chi connectivity index (χ3v) is 5.13. The van der Waals surface area contributed by atoms with Crippen molar-refractivity contribution < 1.29 is 4.39 Å². The molecule has 3 rings (SSSR count). The van der Waals surface area contributed by atoms with Crippen molar-refractivity contribution in [3.8, 4) is 11.1 Å². The highest BCUT2D eigenvalue weighted by atomic mass is 19.1. The van der Waals surface area contributed by atoms with Crippen molar-refractivity contribution in [3.05, 3.63) is 107 Å². The van der Waals surface area contributed by atoms with Gasteiger partial charge in [-0.15, -0.1) is 6.58 Å². The largest absolute Gasteiger partial charge is 0.206 e. The molecule has 3 heteroatoms. The molecule has 3 aromatic carbocycles. The Hall–Kier alpha value is -3.33. The molecule has 0 aliphatic carbocycles. The molecule has 0 spiro atoms. The van der Waals surface area contributed by atoms with E-state index in [1.54, 1.807) is 18.5 Å². The first-order chi connectivity index (χ1) is 15.2. The lowest BCUT2D eigenvalue weighted by molar-refractivity contribution is 0.628. The van der Waals surface area contributed by atoms with E-state index in [1.165, 1.54) is 5.56 Å². The Morgan fingerprint density at radius 1 is 0.806 bits per heavy atom. The van der Waals surface area contributed by atoms with Gasteiger partial charge >= 0.3 is 0 Å². The van der Waals surface area contributed by atoms with Gasteiger partial charge in [-0.2, -0.15) is 10.2 Å². The highest BCUT2D eigenvalue weighted by Crippen LogP contribution is 2.24. The molecule has 31 heavy (non-hydrogen) atoms. The summed E-state index contributed by atoms with van der Waals surface area (Å²) in [5.74, 6) is -0.177. The molecule has 0 aromatic heterocycles. The van der Waals surface area contributed by atoms with Crippen LogP contribution in [0.25, 0.3) is 11.1 Å². The van der Waals surface area contributed by atoms with Crippen molar-refractivity contribution in [3.63, 3.8) is 0 Å². The Labute approximate surface area is 184 Å². The van der Waals surface area contributed by atoms with E-state index in [-0.39, 0.29) is 5.82 Å². The van der Waals surface area contributed by atoms with Crippen molar-refractivity contribution in [1.82, 2.24) is 0 Å². The number of unbranched alkanes of at least 4 members (excludes halogenated alkanes) is 1. The zero-order chi connectivity index (χ0) is 21.9. The molecule has 0 saturated carbocycles. The van der Waals surface area contributed by atoms with Gasteiger partial charge in [0.1, 0.15) is 5.82 Å². The van der Waals surface area contributed by atoms with Crippen molar-refractivity contribution in [2.45, 2.75) is 39.0 Å². The number of aryl methyl sites for hydroxylation is 2. The van der Waals surface area contributed by atoms with E-state index in [4.69, 9.17) is 0 Å². The monoisotopic (exact) mass is 412 g/mol. The van der Waals surface area contributed by atoms with Crippen molar-refractivity contribution in [1.29, 1.82) is 0 Å². The molecule has 0 heterocycles. The third-order valence-electron chi connectivity index (χ3n) is 5.13. The first kappa shape index (κ1) is 22.4. The van der Waals surface area contributed by atoms with Crippen LogP contribution in [0.3, 0.4) is 0 Å². The maximum Gasteiger partial charge on any atom is 0.131 e. The van der Waals surface area contributed by atoms with E-state index in [2.05, 4.69) is 48.0 Å². The van der Waals surface area contributed by atoms with Gasteiger partial charge in [0.05, 0.1) is 12.4 Å². The SMILES string of the molecule is C=CCCCc1ccc(C=NN=Cc2ccc(-c3ccc(CCC)cc3F)cc2)cc1. The highest BCUT2D eigenvalue weighted by Gasteiger charge is 2.06. The lowest BCUT2D eigenvalue weighted by atomic mass is 10.0. The fraction of sp³-hybridized carbons (Fsp3) is 0.214. The van der Waals surface area contributed by atoms with Gasteiger partial charge in [0.2, 0.25) is 0 Å². The van der Waals surface area contributed by atoms with E-state index in [9.17, 15) is 4.39 Å². The number of hydrogen-bond acceptors (Lipinski definition) is 2. The normalized spacial score (nSPS) is 11.4. The first-order valence-corrected chi connectivity index (χ1v) is 10.8. The molecule has 0 aliphatic heterocycles. The minimum atomic E-state index is -0.177. The Balaban J connectivity index is 1.57. The van der Waals surface area contributed by atoms with E-state index in [0.717, 1.165) is 54.4 Å². The second kappa shape index (κ2) is 11.8. The molecule has 0 N–H and O–H groups in total. The molecule has 0 bridgehead atoms. The van der Waals surface area contributed by atoms with Crippen LogP contribution in [0.15, 0.2) is 89.6 Å². The molecule has 0 radical (unpaired) electrons. The van der Waals surface area contributed by atoms with Gasteiger partial charge in [-0.3, -0.25) is 0 Å². The van der Waals surface area contributed by atoms with Crippen LogP contribution in [0, 0.1) is 5.82 Å². The summed E-state index contributed by atoms with van der Waals surface area (Å²) in [5.41, 5.74) is 5.76. The molecule has 3 aromatic rings. The molecule has 2 nitrogen and oxygen atoms in total. The van der Waals surface area contributed by atoms with Gasteiger partial charge in [-0.05, 0) is 59.6 Å². The van der Waals surface area contributed by atoms with E-state index >= 15 is 0 Å². The molecule has 0 unspecified atom stereocenters. The number of rotatable bonds is 10. The van der Waals surface area contributed by atoms with Gasteiger partial charge in [0, 0.05) is 5.56 Å². The van der Waals surface area contributed by atoms with Gasteiger partial charge in [0.25, 0.3) is 0 Å². The Morgan fingerprint density at radius 3 is 2.00 bits per heavy atom. The van der Waals surface area contributed by atoms with Crippen LogP contribution in [0.2, 0.25) is 0 Å². The molecular formula is C28H29FN2. The van der Waals surface area contributed by atoms with Crippen molar-refractivity contribution >= 4 is 12.4 Å².